The minimum atomic E-state index is -0.564. The molecular weight excluding hydrogens is 272 g/mol. The molecule has 4 N–H and O–H groups in total. The minimum absolute atomic E-state index is 0.0420. The van der Waals surface area contributed by atoms with E-state index in [0.29, 0.717) is 6.54 Å². The molecule has 1 aromatic rings. The zero-order chi connectivity index (χ0) is 15.5. The third-order valence-corrected chi connectivity index (χ3v) is 3.99. The maximum absolute atomic E-state index is 12.2. The first-order valence-corrected chi connectivity index (χ1v) is 7.05. The quantitative estimate of drug-likeness (QED) is 0.405. The number of hydrogen-bond donors (Lipinski definition) is 3. The highest BCUT2D eigenvalue weighted by atomic mass is 16.6. The van der Waals surface area contributed by atoms with Crippen molar-refractivity contribution in [2.45, 2.75) is 32.6 Å². The van der Waals surface area contributed by atoms with Crippen LogP contribution in [0.4, 0.5) is 11.4 Å². The van der Waals surface area contributed by atoms with E-state index in [1.165, 1.54) is 18.2 Å². The molecule has 0 aromatic heterocycles. The maximum Gasteiger partial charge on any atom is 0.294 e. The van der Waals surface area contributed by atoms with Gasteiger partial charge in [-0.25, -0.2) is 0 Å². The van der Waals surface area contributed by atoms with Crippen LogP contribution in [-0.4, -0.2) is 17.4 Å². The van der Waals surface area contributed by atoms with Crippen LogP contribution in [-0.2, 0) is 0 Å². The molecule has 2 rings (SSSR count). The number of hydrogen-bond acceptors (Lipinski definition) is 5. The number of nitrogens with two attached hydrogens (primary N) is 1. The molecule has 0 unspecified atom stereocenters. The van der Waals surface area contributed by atoms with Gasteiger partial charge < -0.3 is 10.7 Å². The van der Waals surface area contributed by atoms with E-state index < -0.39 is 4.92 Å². The Morgan fingerprint density at radius 3 is 2.71 bits per heavy atom. The summed E-state index contributed by atoms with van der Waals surface area (Å²) in [5.41, 5.74) is 2.51. The Bertz CT molecular complexity index is 555. The molecule has 1 aliphatic rings. The lowest BCUT2D eigenvalue weighted by Crippen LogP contribution is -2.31. The van der Waals surface area contributed by atoms with E-state index in [2.05, 4.69) is 17.7 Å². The van der Waals surface area contributed by atoms with E-state index in [1.54, 1.807) is 0 Å². The molecule has 0 bridgehead atoms. The topological polar surface area (TPSA) is 110 Å². The monoisotopic (exact) mass is 292 g/mol. The van der Waals surface area contributed by atoms with Gasteiger partial charge >= 0.3 is 0 Å². The number of para-hydroxylation sites is 1. The summed E-state index contributed by atoms with van der Waals surface area (Å²) in [6, 6.07) is 4.31. The lowest BCUT2D eigenvalue weighted by Gasteiger charge is -2.16. The number of nitro groups is 1. The van der Waals surface area contributed by atoms with Crippen molar-refractivity contribution in [2.24, 2.45) is 11.3 Å². The van der Waals surface area contributed by atoms with Gasteiger partial charge in [-0.2, -0.15) is 0 Å². The number of amides is 1. The van der Waals surface area contributed by atoms with Crippen LogP contribution >= 0.6 is 0 Å². The standard InChI is InChI=1S/C14H20N4O3/c1-2-6-14(7-8-14)9-16-13(19)10-4-3-5-11(18(20)21)12(10)17-15/h3-5,17H,2,6-9,15H2,1H3,(H,16,19). The SMILES string of the molecule is CCCC1(CNC(=O)c2cccc([N+](=O)[O-])c2NN)CC1. The number of carbonyl (C=O) groups is 1. The van der Waals surface area contributed by atoms with Crippen molar-refractivity contribution in [1.29, 1.82) is 0 Å². The van der Waals surface area contributed by atoms with Crippen molar-refractivity contribution >= 4 is 17.3 Å². The molecule has 7 nitrogen and oxygen atoms in total. The fourth-order valence-corrected chi connectivity index (χ4v) is 2.62. The van der Waals surface area contributed by atoms with Gasteiger partial charge in [0.15, 0.2) is 0 Å². The van der Waals surface area contributed by atoms with E-state index >= 15 is 0 Å². The molecule has 0 atom stereocenters. The predicted molar refractivity (Wildman–Crippen MR) is 79.8 cm³/mol. The predicted octanol–water partition coefficient (Wildman–Crippen LogP) is 2.19. The molecule has 1 aromatic carbocycles. The second-order valence-electron chi connectivity index (χ2n) is 5.53. The molecule has 0 spiro atoms. The molecule has 21 heavy (non-hydrogen) atoms. The van der Waals surface area contributed by atoms with Gasteiger partial charge in [0.2, 0.25) is 0 Å². The van der Waals surface area contributed by atoms with Gasteiger partial charge in [0.05, 0.1) is 10.5 Å². The summed E-state index contributed by atoms with van der Waals surface area (Å²) in [6.07, 6.45) is 4.42. The van der Waals surface area contributed by atoms with Crippen LogP contribution in [0.15, 0.2) is 18.2 Å². The highest BCUT2D eigenvalue weighted by Gasteiger charge is 2.41. The van der Waals surface area contributed by atoms with Crippen LogP contribution in [0.1, 0.15) is 43.0 Å². The van der Waals surface area contributed by atoms with Crippen molar-refractivity contribution in [2.75, 3.05) is 12.0 Å². The summed E-state index contributed by atoms with van der Waals surface area (Å²) in [5.74, 6) is 5.00. The number of rotatable bonds is 7. The Hall–Kier alpha value is -2.15. The van der Waals surface area contributed by atoms with Crippen LogP contribution in [0.3, 0.4) is 0 Å². The highest BCUT2D eigenvalue weighted by molar-refractivity contribution is 6.01. The molecule has 1 saturated carbocycles. The summed E-state index contributed by atoms with van der Waals surface area (Å²) in [4.78, 5) is 22.6. The number of carbonyl (C=O) groups excluding carboxylic acids is 1. The zero-order valence-electron chi connectivity index (χ0n) is 12.0. The van der Waals surface area contributed by atoms with Gasteiger partial charge in [-0.1, -0.05) is 19.4 Å². The molecule has 0 saturated heterocycles. The Balaban J connectivity index is 2.12. The fraction of sp³-hybridized carbons (Fsp3) is 0.500. The Morgan fingerprint density at radius 1 is 1.48 bits per heavy atom. The van der Waals surface area contributed by atoms with Crippen LogP contribution < -0.4 is 16.6 Å². The molecule has 7 heteroatoms. The summed E-state index contributed by atoms with van der Waals surface area (Å²) in [6.45, 7) is 2.73. The van der Waals surface area contributed by atoms with Gasteiger partial charge in [0, 0.05) is 12.6 Å². The van der Waals surface area contributed by atoms with E-state index in [0.717, 1.165) is 25.7 Å². The Labute approximate surface area is 123 Å². The molecule has 1 fully saturated rings. The first-order chi connectivity index (χ1) is 10.0. The number of nitrogens with one attached hydrogen (secondary N) is 2. The van der Waals surface area contributed by atoms with Gasteiger partial charge in [-0.3, -0.25) is 20.8 Å². The van der Waals surface area contributed by atoms with Crippen molar-refractivity contribution in [3.05, 3.63) is 33.9 Å². The second-order valence-corrected chi connectivity index (χ2v) is 5.53. The summed E-state index contributed by atoms with van der Waals surface area (Å²) in [7, 11) is 0. The summed E-state index contributed by atoms with van der Waals surface area (Å²) >= 11 is 0. The molecule has 1 aliphatic carbocycles. The van der Waals surface area contributed by atoms with Gasteiger partial charge in [-0.15, -0.1) is 0 Å². The molecule has 0 aliphatic heterocycles. The average molecular weight is 292 g/mol. The fourth-order valence-electron chi connectivity index (χ4n) is 2.62. The highest BCUT2D eigenvalue weighted by Crippen LogP contribution is 2.49. The van der Waals surface area contributed by atoms with Crippen molar-refractivity contribution in [1.82, 2.24) is 5.32 Å². The third kappa shape index (κ3) is 3.30. The number of nitro benzene ring substituents is 1. The molecular formula is C14H20N4O3. The Kier molecular flexibility index (Phi) is 4.42. The average Bonchev–Trinajstić information content (AvgIpc) is 3.24. The van der Waals surface area contributed by atoms with Crippen molar-refractivity contribution < 1.29 is 9.72 Å². The zero-order valence-corrected chi connectivity index (χ0v) is 12.0. The van der Waals surface area contributed by atoms with Crippen LogP contribution in [0.5, 0.6) is 0 Å². The maximum atomic E-state index is 12.2. The van der Waals surface area contributed by atoms with Crippen molar-refractivity contribution in [3.63, 3.8) is 0 Å². The van der Waals surface area contributed by atoms with E-state index in [-0.39, 0.29) is 28.3 Å². The number of anilines is 1. The molecule has 114 valence electrons. The summed E-state index contributed by atoms with van der Waals surface area (Å²) in [5, 5.41) is 13.8. The summed E-state index contributed by atoms with van der Waals surface area (Å²) < 4.78 is 0. The molecule has 1 amide bonds. The largest absolute Gasteiger partial charge is 0.351 e. The first kappa shape index (κ1) is 15.2. The second kappa shape index (κ2) is 6.09. The number of nitrogens with zero attached hydrogens (tertiary/aromatic N) is 1. The van der Waals surface area contributed by atoms with Gasteiger partial charge in [0.1, 0.15) is 5.69 Å². The smallest absolute Gasteiger partial charge is 0.294 e. The number of hydrazine groups is 1. The number of benzene rings is 1. The number of nitrogen functional groups attached to an aromatic ring is 1. The molecule has 0 heterocycles. The first-order valence-electron chi connectivity index (χ1n) is 7.05. The van der Waals surface area contributed by atoms with Crippen molar-refractivity contribution in [3.8, 4) is 0 Å². The van der Waals surface area contributed by atoms with Gasteiger partial charge in [-0.05, 0) is 30.7 Å². The van der Waals surface area contributed by atoms with Crippen LogP contribution in [0.25, 0.3) is 0 Å². The lowest BCUT2D eigenvalue weighted by molar-refractivity contribution is -0.384. The van der Waals surface area contributed by atoms with E-state index in [1.807, 2.05) is 0 Å². The third-order valence-electron chi connectivity index (χ3n) is 3.99. The van der Waals surface area contributed by atoms with E-state index in [4.69, 9.17) is 5.84 Å². The molecule has 0 radical (unpaired) electrons. The Morgan fingerprint density at radius 2 is 2.19 bits per heavy atom. The lowest BCUT2D eigenvalue weighted by atomic mass is 10.0. The normalized spacial score (nSPS) is 15.3. The van der Waals surface area contributed by atoms with E-state index in [9.17, 15) is 14.9 Å². The van der Waals surface area contributed by atoms with Crippen LogP contribution in [0.2, 0.25) is 0 Å². The minimum Gasteiger partial charge on any atom is -0.351 e. The van der Waals surface area contributed by atoms with Crippen LogP contribution in [0, 0.1) is 15.5 Å². The van der Waals surface area contributed by atoms with Gasteiger partial charge in [0.25, 0.3) is 11.6 Å².